The van der Waals surface area contributed by atoms with Crippen molar-refractivity contribution < 1.29 is 0 Å². The van der Waals surface area contributed by atoms with Crippen molar-refractivity contribution in [3.8, 4) is 0 Å². The third-order valence-corrected chi connectivity index (χ3v) is 9.12. The van der Waals surface area contributed by atoms with Crippen molar-refractivity contribution in [2.24, 2.45) is 35.0 Å². The van der Waals surface area contributed by atoms with Crippen LogP contribution in [0.2, 0.25) is 0 Å². The molecule has 2 fully saturated rings. The Labute approximate surface area is 164 Å². The first-order chi connectivity index (χ1) is 12.4. The van der Waals surface area contributed by atoms with E-state index in [2.05, 4.69) is 34.6 Å². The molecule has 0 aromatic heterocycles. The normalized spacial score (nSPS) is 39.1. The number of hydrogen-bond donors (Lipinski definition) is 0. The van der Waals surface area contributed by atoms with Gasteiger partial charge < -0.3 is 0 Å². The first kappa shape index (κ1) is 20.5. The third kappa shape index (κ3) is 4.41. The molecule has 4 atom stereocenters. The number of allylic oxidation sites excluding steroid dienone is 2. The fourth-order valence-electron chi connectivity index (χ4n) is 6.85. The highest BCUT2D eigenvalue weighted by Gasteiger charge is 2.41. The van der Waals surface area contributed by atoms with Gasteiger partial charge in [-0.1, -0.05) is 70.9 Å². The van der Waals surface area contributed by atoms with Crippen LogP contribution in [0.1, 0.15) is 118 Å². The predicted octanol–water partition coefficient (Wildman–Crippen LogP) is 8.56. The average Bonchev–Trinajstić information content (AvgIpc) is 3.07. The Hall–Kier alpha value is -0.260. The minimum absolute atomic E-state index is 0.508. The Kier molecular flexibility index (Phi) is 6.95. The summed E-state index contributed by atoms with van der Waals surface area (Å²) in [5.41, 5.74) is 4.22. The first-order valence-corrected chi connectivity index (χ1v) is 12.1. The zero-order chi connectivity index (χ0) is 18.7. The molecule has 3 aliphatic carbocycles. The van der Waals surface area contributed by atoms with Gasteiger partial charge >= 0.3 is 0 Å². The molecule has 0 bridgehead atoms. The summed E-state index contributed by atoms with van der Waals surface area (Å²) in [4.78, 5) is 0. The van der Waals surface area contributed by atoms with Crippen LogP contribution in [0.5, 0.6) is 0 Å². The van der Waals surface area contributed by atoms with Crippen molar-refractivity contribution in [2.45, 2.75) is 118 Å². The molecule has 0 heteroatoms. The lowest BCUT2D eigenvalue weighted by Crippen LogP contribution is -2.35. The Bertz CT molecular complexity index is 476. The summed E-state index contributed by atoms with van der Waals surface area (Å²) in [5, 5.41) is 0. The monoisotopic (exact) mass is 358 g/mol. The Morgan fingerprint density at radius 1 is 0.923 bits per heavy atom. The SMILES string of the molecule is CCCC/C1=C(\C)CCC(C)(C)C(C)C2CCC(C3CCCC3)CCC12. The smallest absolute Gasteiger partial charge is 0.0169 e. The molecular weight excluding hydrogens is 312 g/mol. The van der Waals surface area contributed by atoms with E-state index in [1.54, 1.807) is 18.4 Å². The number of rotatable bonds is 4. The largest absolute Gasteiger partial charge is 0.0738 e. The second kappa shape index (κ2) is 8.83. The Morgan fingerprint density at radius 3 is 2.27 bits per heavy atom. The minimum atomic E-state index is 0.508. The molecule has 0 spiro atoms. The van der Waals surface area contributed by atoms with Gasteiger partial charge in [-0.25, -0.2) is 0 Å². The van der Waals surface area contributed by atoms with Crippen LogP contribution in [0.15, 0.2) is 11.1 Å². The van der Waals surface area contributed by atoms with Crippen LogP contribution < -0.4 is 0 Å². The highest BCUT2D eigenvalue weighted by atomic mass is 14.5. The van der Waals surface area contributed by atoms with Crippen LogP contribution in [0.4, 0.5) is 0 Å². The lowest BCUT2D eigenvalue weighted by molar-refractivity contribution is 0.0986. The van der Waals surface area contributed by atoms with Gasteiger partial charge in [0.2, 0.25) is 0 Å². The van der Waals surface area contributed by atoms with E-state index in [0.717, 1.165) is 29.6 Å². The zero-order valence-corrected chi connectivity index (χ0v) is 18.6. The molecule has 0 aromatic carbocycles. The molecule has 0 aliphatic heterocycles. The predicted molar refractivity (Wildman–Crippen MR) is 115 cm³/mol. The quantitative estimate of drug-likeness (QED) is 0.441. The maximum absolute atomic E-state index is 2.62. The van der Waals surface area contributed by atoms with E-state index in [1.807, 2.05) is 5.57 Å². The number of hydrogen-bond acceptors (Lipinski definition) is 0. The van der Waals surface area contributed by atoms with E-state index in [9.17, 15) is 0 Å². The maximum Gasteiger partial charge on any atom is -0.0169 e. The van der Waals surface area contributed by atoms with Gasteiger partial charge in [0.25, 0.3) is 0 Å². The molecule has 150 valence electrons. The summed E-state index contributed by atoms with van der Waals surface area (Å²) in [6.45, 7) is 12.6. The highest BCUT2D eigenvalue weighted by Crippen LogP contribution is 2.52. The molecule has 0 nitrogen and oxygen atoms in total. The van der Waals surface area contributed by atoms with Crippen LogP contribution in [-0.2, 0) is 0 Å². The lowest BCUT2D eigenvalue weighted by atomic mass is 9.61. The molecule has 0 aromatic rings. The van der Waals surface area contributed by atoms with E-state index in [0.29, 0.717) is 5.41 Å². The van der Waals surface area contributed by atoms with Crippen molar-refractivity contribution >= 4 is 0 Å². The van der Waals surface area contributed by atoms with Gasteiger partial charge in [0.05, 0.1) is 0 Å². The van der Waals surface area contributed by atoms with Crippen LogP contribution in [-0.4, -0.2) is 0 Å². The third-order valence-electron chi connectivity index (χ3n) is 9.12. The summed E-state index contributed by atoms with van der Waals surface area (Å²) in [7, 11) is 0. The van der Waals surface area contributed by atoms with Gasteiger partial charge in [0, 0.05) is 0 Å². The van der Waals surface area contributed by atoms with Crippen molar-refractivity contribution in [3.63, 3.8) is 0 Å². The molecule has 3 aliphatic rings. The van der Waals surface area contributed by atoms with Crippen LogP contribution in [0, 0.1) is 35.0 Å². The molecule has 3 rings (SSSR count). The molecule has 4 unspecified atom stereocenters. The van der Waals surface area contributed by atoms with E-state index >= 15 is 0 Å². The fourth-order valence-corrected chi connectivity index (χ4v) is 6.85. The van der Waals surface area contributed by atoms with Crippen molar-refractivity contribution in [2.75, 3.05) is 0 Å². The molecule has 0 heterocycles. The topological polar surface area (TPSA) is 0 Å². The molecule has 2 saturated carbocycles. The van der Waals surface area contributed by atoms with Gasteiger partial charge in [-0.3, -0.25) is 0 Å². The van der Waals surface area contributed by atoms with E-state index in [1.165, 1.54) is 70.6 Å². The molecule has 0 saturated heterocycles. The summed E-state index contributed by atoms with van der Waals surface area (Å²) < 4.78 is 0. The summed E-state index contributed by atoms with van der Waals surface area (Å²) >= 11 is 0. The molecule has 26 heavy (non-hydrogen) atoms. The molecule has 0 amide bonds. The molecular formula is C26H46. The van der Waals surface area contributed by atoms with Crippen LogP contribution in [0.25, 0.3) is 0 Å². The summed E-state index contributed by atoms with van der Waals surface area (Å²) in [6, 6.07) is 0. The van der Waals surface area contributed by atoms with Crippen molar-refractivity contribution in [1.29, 1.82) is 0 Å². The van der Waals surface area contributed by atoms with Gasteiger partial charge in [0.15, 0.2) is 0 Å². The highest BCUT2D eigenvalue weighted by molar-refractivity contribution is 5.19. The molecule has 0 radical (unpaired) electrons. The van der Waals surface area contributed by atoms with Crippen LogP contribution in [0.3, 0.4) is 0 Å². The minimum Gasteiger partial charge on any atom is -0.0738 e. The van der Waals surface area contributed by atoms with Gasteiger partial charge in [0.1, 0.15) is 0 Å². The van der Waals surface area contributed by atoms with E-state index < -0.39 is 0 Å². The first-order valence-electron chi connectivity index (χ1n) is 12.1. The fraction of sp³-hybridized carbons (Fsp3) is 0.923. The van der Waals surface area contributed by atoms with Crippen molar-refractivity contribution in [3.05, 3.63) is 11.1 Å². The summed E-state index contributed by atoms with van der Waals surface area (Å²) in [5.74, 6) is 4.85. The number of unbranched alkanes of at least 4 members (excludes halogenated alkanes) is 1. The maximum atomic E-state index is 2.62. The van der Waals surface area contributed by atoms with Gasteiger partial charge in [-0.15, -0.1) is 0 Å². The Balaban J connectivity index is 1.86. The van der Waals surface area contributed by atoms with Gasteiger partial charge in [-0.05, 0) is 93.3 Å². The molecule has 0 N–H and O–H groups in total. The van der Waals surface area contributed by atoms with Crippen molar-refractivity contribution in [1.82, 2.24) is 0 Å². The lowest BCUT2D eigenvalue weighted by Gasteiger charge is -2.44. The van der Waals surface area contributed by atoms with E-state index in [4.69, 9.17) is 0 Å². The van der Waals surface area contributed by atoms with E-state index in [-0.39, 0.29) is 0 Å². The van der Waals surface area contributed by atoms with Crippen LogP contribution >= 0.6 is 0 Å². The second-order valence-corrected chi connectivity index (χ2v) is 10.9. The summed E-state index contributed by atoms with van der Waals surface area (Å²) in [6.07, 6.45) is 19.1. The Morgan fingerprint density at radius 2 is 1.58 bits per heavy atom. The average molecular weight is 359 g/mol. The number of fused-ring (bicyclic) bond motifs is 1. The zero-order valence-electron chi connectivity index (χ0n) is 18.6. The standard InChI is InChI=1S/C26H46/c1-6-7-12-23-19(2)17-18-26(4,5)20(3)24-15-13-22(14-16-25(23)24)21-10-8-9-11-21/h20-22,24-25H,6-18H2,1-5H3/b23-19-. The second-order valence-electron chi connectivity index (χ2n) is 10.9. The van der Waals surface area contributed by atoms with Gasteiger partial charge in [-0.2, -0.15) is 0 Å².